The molecule has 1 aliphatic heterocycles. The Morgan fingerprint density at radius 2 is 1.96 bits per heavy atom. The Morgan fingerprint density at radius 3 is 2.56 bits per heavy atom. The molecular formula is C18H25N3O4. The molecule has 2 N–H and O–H groups in total. The number of ether oxygens (including phenoxy) is 1. The minimum absolute atomic E-state index is 0.114. The lowest BCUT2D eigenvalue weighted by atomic mass is 10.0. The first-order chi connectivity index (χ1) is 11.9. The van der Waals surface area contributed by atoms with Gasteiger partial charge in [0.25, 0.3) is 5.91 Å². The molecule has 0 aliphatic carbocycles. The van der Waals surface area contributed by atoms with E-state index in [9.17, 15) is 14.4 Å². The summed E-state index contributed by atoms with van der Waals surface area (Å²) in [5, 5.41) is 5.37. The van der Waals surface area contributed by atoms with E-state index in [2.05, 4.69) is 10.6 Å². The summed E-state index contributed by atoms with van der Waals surface area (Å²) >= 11 is 0. The monoisotopic (exact) mass is 347 g/mol. The number of nitrogens with one attached hydrogen (secondary N) is 2. The van der Waals surface area contributed by atoms with E-state index in [1.165, 1.54) is 14.0 Å². The number of morpholine rings is 1. The quantitative estimate of drug-likeness (QED) is 0.814. The second kappa shape index (κ2) is 8.62. The lowest BCUT2D eigenvalue weighted by Gasteiger charge is -2.33. The first-order valence-electron chi connectivity index (χ1n) is 8.35. The summed E-state index contributed by atoms with van der Waals surface area (Å²) in [6.07, 6.45) is -0.510. The third kappa shape index (κ3) is 5.29. The normalized spacial score (nSPS) is 18.4. The molecule has 0 saturated carbocycles. The van der Waals surface area contributed by atoms with Gasteiger partial charge in [0.15, 0.2) is 6.10 Å². The van der Waals surface area contributed by atoms with Crippen LogP contribution in [0.3, 0.4) is 0 Å². The molecule has 7 nitrogen and oxygen atoms in total. The summed E-state index contributed by atoms with van der Waals surface area (Å²) < 4.78 is 5.40. The number of aryl methyl sites for hydroxylation is 1. The molecule has 1 fully saturated rings. The lowest BCUT2D eigenvalue weighted by Crippen LogP contribution is -2.51. The average Bonchev–Trinajstić information content (AvgIpc) is 2.60. The smallest absolute Gasteiger partial charge is 0.250 e. The molecule has 0 aromatic heterocycles. The van der Waals surface area contributed by atoms with E-state index in [-0.39, 0.29) is 30.7 Å². The number of nitrogens with zero attached hydrogens (tertiary/aromatic N) is 1. The van der Waals surface area contributed by atoms with Crippen molar-refractivity contribution in [2.24, 2.45) is 0 Å². The maximum Gasteiger partial charge on any atom is 0.250 e. The summed E-state index contributed by atoms with van der Waals surface area (Å²) in [7, 11) is 1.54. The Bertz CT molecular complexity index is 630. The molecule has 1 aromatic rings. The van der Waals surface area contributed by atoms with Crippen LogP contribution in [-0.4, -0.2) is 55.5 Å². The zero-order valence-electron chi connectivity index (χ0n) is 14.9. The first-order valence-corrected chi connectivity index (χ1v) is 8.35. The number of amides is 3. The van der Waals surface area contributed by atoms with Gasteiger partial charge in [0.2, 0.25) is 11.8 Å². The Balaban J connectivity index is 2.07. The summed E-state index contributed by atoms with van der Waals surface area (Å²) in [6, 6.07) is 7.33. The minimum atomic E-state index is -0.652. The molecule has 1 aliphatic rings. The van der Waals surface area contributed by atoms with Crippen LogP contribution in [0.15, 0.2) is 24.3 Å². The van der Waals surface area contributed by atoms with Crippen molar-refractivity contribution in [1.82, 2.24) is 15.5 Å². The number of hydrogen-bond acceptors (Lipinski definition) is 4. The summed E-state index contributed by atoms with van der Waals surface area (Å²) in [6.45, 7) is 4.39. The molecule has 2 atom stereocenters. The standard InChI is InChI=1S/C18H25N3O4/c1-12-4-6-14(7-5-12)15(20-13(2)22)10-17(23)21-8-9-25-16(11-21)18(24)19-3/h4-7,15-16H,8-11H2,1-3H3,(H,19,24)(H,20,22)/t15-,16-/m1/s1. The highest BCUT2D eigenvalue weighted by molar-refractivity contribution is 5.83. The van der Waals surface area contributed by atoms with Gasteiger partial charge >= 0.3 is 0 Å². The van der Waals surface area contributed by atoms with Crippen LogP contribution in [0.1, 0.15) is 30.5 Å². The summed E-state index contributed by atoms with van der Waals surface area (Å²) in [5.74, 6) is -0.547. The van der Waals surface area contributed by atoms with Crippen LogP contribution in [0.25, 0.3) is 0 Å². The largest absolute Gasteiger partial charge is 0.365 e. The number of benzene rings is 1. The molecule has 0 unspecified atom stereocenters. The Morgan fingerprint density at radius 1 is 1.28 bits per heavy atom. The Labute approximate surface area is 147 Å². The van der Waals surface area contributed by atoms with E-state index < -0.39 is 12.1 Å². The number of likely N-dealkylation sites (N-methyl/N-ethyl adjacent to an activating group) is 1. The van der Waals surface area contributed by atoms with Crippen LogP contribution in [0, 0.1) is 6.92 Å². The molecule has 1 saturated heterocycles. The highest BCUT2D eigenvalue weighted by Crippen LogP contribution is 2.20. The maximum absolute atomic E-state index is 12.7. The molecule has 1 heterocycles. The second-order valence-corrected chi connectivity index (χ2v) is 6.18. The molecule has 2 rings (SSSR count). The minimum Gasteiger partial charge on any atom is -0.365 e. The Kier molecular flexibility index (Phi) is 6.52. The third-order valence-corrected chi connectivity index (χ3v) is 4.19. The van der Waals surface area contributed by atoms with Gasteiger partial charge in [-0.1, -0.05) is 29.8 Å². The van der Waals surface area contributed by atoms with E-state index in [0.717, 1.165) is 11.1 Å². The molecule has 7 heteroatoms. The van der Waals surface area contributed by atoms with Crippen molar-refractivity contribution in [1.29, 1.82) is 0 Å². The Hall–Kier alpha value is -2.41. The van der Waals surface area contributed by atoms with Crippen molar-refractivity contribution < 1.29 is 19.1 Å². The van der Waals surface area contributed by atoms with Crippen molar-refractivity contribution in [3.05, 3.63) is 35.4 Å². The van der Waals surface area contributed by atoms with Crippen LogP contribution in [0.4, 0.5) is 0 Å². The van der Waals surface area contributed by atoms with E-state index in [4.69, 9.17) is 4.74 Å². The fourth-order valence-corrected chi connectivity index (χ4v) is 2.80. The zero-order chi connectivity index (χ0) is 18.4. The van der Waals surface area contributed by atoms with E-state index >= 15 is 0 Å². The fraction of sp³-hybridized carbons (Fsp3) is 0.500. The van der Waals surface area contributed by atoms with Crippen LogP contribution < -0.4 is 10.6 Å². The van der Waals surface area contributed by atoms with Gasteiger partial charge in [0.05, 0.1) is 25.6 Å². The number of carbonyl (C=O) groups is 3. The van der Waals surface area contributed by atoms with Crippen molar-refractivity contribution in [3.8, 4) is 0 Å². The lowest BCUT2D eigenvalue weighted by molar-refractivity contribution is -0.147. The molecule has 25 heavy (non-hydrogen) atoms. The van der Waals surface area contributed by atoms with Crippen LogP contribution in [0.2, 0.25) is 0 Å². The fourth-order valence-electron chi connectivity index (χ4n) is 2.80. The first kappa shape index (κ1) is 18.9. The van der Waals surface area contributed by atoms with Gasteiger partial charge in [-0.3, -0.25) is 14.4 Å². The van der Waals surface area contributed by atoms with Gasteiger partial charge in [-0.05, 0) is 12.5 Å². The predicted octanol–water partition coefficient (Wildman–Crippen LogP) is 0.536. The van der Waals surface area contributed by atoms with Crippen LogP contribution in [0.5, 0.6) is 0 Å². The van der Waals surface area contributed by atoms with Gasteiger partial charge < -0.3 is 20.3 Å². The van der Waals surface area contributed by atoms with Crippen LogP contribution in [-0.2, 0) is 19.1 Å². The SMILES string of the molecule is CNC(=O)[C@H]1CN(C(=O)C[C@@H](NC(C)=O)c2ccc(C)cc2)CCO1. The topological polar surface area (TPSA) is 87.7 Å². The number of hydrogen-bond donors (Lipinski definition) is 2. The van der Waals surface area contributed by atoms with Crippen molar-refractivity contribution in [2.75, 3.05) is 26.7 Å². The molecule has 0 spiro atoms. The van der Waals surface area contributed by atoms with E-state index in [1.807, 2.05) is 31.2 Å². The zero-order valence-corrected chi connectivity index (χ0v) is 14.9. The highest BCUT2D eigenvalue weighted by Gasteiger charge is 2.30. The van der Waals surface area contributed by atoms with E-state index in [1.54, 1.807) is 4.90 Å². The predicted molar refractivity (Wildman–Crippen MR) is 92.7 cm³/mol. The van der Waals surface area contributed by atoms with Crippen molar-refractivity contribution >= 4 is 17.7 Å². The van der Waals surface area contributed by atoms with Crippen molar-refractivity contribution in [3.63, 3.8) is 0 Å². The van der Waals surface area contributed by atoms with E-state index in [0.29, 0.717) is 13.2 Å². The molecule has 1 aromatic carbocycles. The van der Waals surface area contributed by atoms with Gasteiger partial charge in [-0.25, -0.2) is 0 Å². The highest BCUT2D eigenvalue weighted by atomic mass is 16.5. The van der Waals surface area contributed by atoms with Gasteiger partial charge in [0, 0.05) is 20.5 Å². The van der Waals surface area contributed by atoms with Gasteiger partial charge in [0.1, 0.15) is 0 Å². The second-order valence-electron chi connectivity index (χ2n) is 6.18. The number of carbonyl (C=O) groups excluding carboxylic acids is 3. The average molecular weight is 347 g/mol. The maximum atomic E-state index is 12.7. The van der Waals surface area contributed by atoms with Crippen LogP contribution >= 0.6 is 0 Å². The molecule has 136 valence electrons. The van der Waals surface area contributed by atoms with Gasteiger partial charge in [-0.15, -0.1) is 0 Å². The summed E-state index contributed by atoms with van der Waals surface area (Å²) in [5.41, 5.74) is 1.99. The molecule has 0 bridgehead atoms. The number of rotatable bonds is 5. The molecule has 3 amide bonds. The molecule has 0 radical (unpaired) electrons. The summed E-state index contributed by atoms with van der Waals surface area (Å²) in [4.78, 5) is 37.5. The molecular weight excluding hydrogens is 322 g/mol. The third-order valence-electron chi connectivity index (χ3n) is 4.19. The van der Waals surface area contributed by atoms with Crippen molar-refractivity contribution in [2.45, 2.75) is 32.4 Å². The van der Waals surface area contributed by atoms with Gasteiger partial charge in [-0.2, -0.15) is 0 Å².